The first kappa shape index (κ1) is 25.6. The maximum Gasteiger partial charge on any atom is 0.138 e. The van der Waals surface area contributed by atoms with Gasteiger partial charge in [-0.3, -0.25) is 9.55 Å². The van der Waals surface area contributed by atoms with Crippen molar-refractivity contribution in [2.75, 3.05) is 0 Å². The normalized spacial score (nSPS) is 12.2. The third-order valence-corrected chi connectivity index (χ3v) is 10.1. The minimum absolute atomic E-state index is 0.898. The molecule has 0 aliphatic heterocycles. The Labute approximate surface area is 275 Å². The highest BCUT2D eigenvalue weighted by atomic mass is 15.1. The second-order valence-corrected chi connectivity index (χ2v) is 12.7. The Morgan fingerprint density at radius 3 is 1.81 bits per heavy atom. The van der Waals surface area contributed by atoms with E-state index in [0.29, 0.717) is 0 Å². The summed E-state index contributed by atoms with van der Waals surface area (Å²) < 4.78 is 4.66. The van der Waals surface area contributed by atoms with Crippen molar-refractivity contribution in [1.29, 1.82) is 0 Å². The van der Waals surface area contributed by atoms with Gasteiger partial charge in [-0.2, -0.15) is 0 Å². The molecule has 48 heavy (non-hydrogen) atoms. The van der Waals surface area contributed by atoms with Crippen LogP contribution in [0.1, 0.15) is 0 Å². The summed E-state index contributed by atoms with van der Waals surface area (Å²) in [5, 5.41) is 7.35. The van der Waals surface area contributed by atoms with Crippen molar-refractivity contribution >= 4 is 54.4 Å². The van der Waals surface area contributed by atoms with Crippen molar-refractivity contribution in [3.8, 4) is 45.0 Å². The Morgan fingerprint density at radius 2 is 1.06 bits per heavy atom. The van der Waals surface area contributed by atoms with E-state index >= 15 is 0 Å². The van der Waals surface area contributed by atoms with Crippen molar-refractivity contribution in [1.82, 2.24) is 19.1 Å². The number of aromatic nitrogens is 4. The van der Waals surface area contributed by atoms with Gasteiger partial charge in [-0.15, -0.1) is 0 Å². The van der Waals surface area contributed by atoms with Crippen LogP contribution in [0.2, 0.25) is 0 Å². The van der Waals surface area contributed by atoms with Crippen LogP contribution in [0, 0.1) is 0 Å². The predicted octanol–water partition coefficient (Wildman–Crippen LogP) is 11.1. The summed E-state index contributed by atoms with van der Waals surface area (Å²) in [6, 6.07) is 52.5. The van der Waals surface area contributed by atoms with Crippen molar-refractivity contribution in [3.63, 3.8) is 0 Å². The Balaban J connectivity index is 1.10. The zero-order valence-electron chi connectivity index (χ0n) is 25.8. The smallest absolute Gasteiger partial charge is 0.138 e. The van der Waals surface area contributed by atoms with Gasteiger partial charge in [0, 0.05) is 56.1 Å². The van der Waals surface area contributed by atoms with Crippen molar-refractivity contribution < 1.29 is 0 Å². The van der Waals surface area contributed by atoms with E-state index in [9.17, 15) is 0 Å². The topological polar surface area (TPSA) is 35.6 Å². The molecule has 4 heterocycles. The Kier molecular flexibility index (Phi) is 5.08. The summed E-state index contributed by atoms with van der Waals surface area (Å²) in [4.78, 5) is 9.90. The summed E-state index contributed by atoms with van der Waals surface area (Å²) >= 11 is 0. The Bertz CT molecular complexity index is 2940. The molecule has 1 aliphatic carbocycles. The standard InChI is InChI=1S/C44H26N4/c1-2-10-30(11-3-1)47-38-15-6-4-12-31(38)34-23-28(17-19-40(34)47)29-18-20-41-35(24-29)32-13-5-7-16-39(32)48(41)42-25-36-37(26-46-42)33-14-8-9-27-21-22-45-44(36)43(27)33/h1-26H. The van der Waals surface area contributed by atoms with E-state index < -0.39 is 0 Å². The lowest BCUT2D eigenvalue weighted by Gasteiger charge is -2.10. The molecule has 4 aromatic heterocycles. The fraction of sp³-hybridized carbons (Fsp3) is 0. The minimum atomic E-state index is 0.898. The summed E-state index contributed by atoms with van der Waals surface area (Å²) in [5.74, 6) is 0.898. The molecule has 0 unspecified atom stereocenters. The van der Waals surface area contributed by atoms with Crippen molar-refractivity contribution in [3.05, 3.63) is 158 Å². The van der Waals surface area contributed by atoms with Gasteiger partial charge in [-0.1, -0.05) is 84.9 Å². The number of rotatable bonds is 3. The second kappa shape index (κ2) is 9.50. The summed E-state index contributed by atoms with van der Waals surface area (Å²) in [7, 11) is 0. The number of hydrogen-bond acceptors (Lipinski definition) is 2. The molecule has 1 aliphatic rings. The molecule has 0 saturated carbocycles. The molecule has 6 aromatic carbocycles. The van der Waals surface area contributed by atoms with E-state index in [1.807, 2.05) is 12.4 Å². The zero-order chi connectivity index (χ0) is 31.3. The molecule has 0 fully saturated rings. The SMILES string of the molecule is c1ccc(-n2c3ccccc3c3cc(-c4ccc5c(c4)c4ccccc4n5-c4cc5c(cn4)-c4cccc6ccnc-5c46)ccc32)cc1. The largest absolute Gasteiger partial charge is 0.309 e. The molecule has 222 valence electrons. The number of benzene rings is 6. The first-order valence-electron chi connectivity index (χ1n) is 16.3. The van der Waals surface area contributed by atoms with Crippen LogP contribution < -0.4 is 0 Å². The molecule has 0 amide bonds. The number of hydrogen-bond donors (Lipinski definition) is 0. The van der Waals surface area contributed by atoms with Gasteiger partial charge >= 0.3 is 0 Å². The molecule has 4 nitrogen and oxygen atoms in total. The van der Waals surface area contributed by atoms with Crippen LogP contribution in [0.4, 0.5) is 0 Å². The lowest BCUT2D eigenvalue weighted by Crippen LogP contribution is -1.98. The maximum atomic E-state index is 5.07. The van der Waals surface area contributed by atoms with Crippen LogP contribution >= 0.6 is 0 Å². The van der Waals surface area contributed by atoms with E-state index in [0.717, 1.165) is 33.7 Å². The third-order valence-electron chi connectivity index (χ3n) is 10.1. The van der Waals surface area contributed by atoms with Gasteiger partial charge in [0.05, 0.1) is 27.8 Å². The average Bonchev–Trinajstić information content (AvgIpc) is 3.78. The molecular weight excluding hydrogens is 585 g/mol. The lowest BCUT2D eigenvalue weighted by molar-refractivity contribution is 1.08. The lowest BCUT2D eigenvalue weighted by atomic mass is 10.0. The summed E-state index contributed by atoms with van der Waals surface area (Å²) in [5.41, 5.74) is 12.8. The molecule has 11 rings (SSSR count). The Hall–Kier alpha value is -6.52. The molecule has 0 atom stereocenters. The highest BCUT2D eigenvalue weighted by Crippen LogP contribution is 2.46. The number of para-hydroxylation sites is 3. The molecule has 10 aromatic rings. The fourth-order valence-electron chi connectivity index (χ4n) is 8.04. The molecule has 0 bridgehead atoms. The average molecular weight is 611 g/mol. The fourth-order valence-corrected chi connectivity index (χ4v) is 8.04. The Morgan fingerprint density at radius 1 is 0.417 bits per heavy atom. The van der Waals surface area contributed by atoms with Gasteiger partial charge < -0.3 is 4.57 Å². The molecule has 0 N–H and O–H groups in total. The van der Waals surface area contributed by atoms with E-state index in [1.54, 1.807) is 0 Å². The molecule has 0 spiro atoms. The van der Waals surface area contributed by atoms with Gasteiger partial charge in [0.25, 0.3) is 0 Å². The van der Waals surface area contributed by atoms with E-state index in [2.05, 4.69) is 155 Å². The van der Waals surface area contributed by atoms with Crippen LogP contribution in [0.5, 0.6) is 0 Å². The maximum absolute atomic E-state index is 5.07. The van der Waals surface area contributed by atoms with Crippen LogP contribution in [0.25, 0.3) is 99.4 Å². The summed E-state index contributed by atoms with van der Waals surface area (Å²) in [6.07, 6.45) is 3.94. The van der Waals surface area contributed by atoms with Crippen LogP contribution in [0.15, 0.2) is 158 Å². The highest BCUT2D eigenvalue weighted by Gasteiger charge is 2.24. The molecule has 0 saturated heterocycles. The molecule has 4 heteroatoms. The van der Waals surface area contributed by atoms with E-state index in [4.69, 9.17) is 9.97 Å². The highest BCUT2D eigenvalue weighted by molar-refractivity contribution is 6.15. The second-order valence-electron chi connectivity index (χ2n) is 12.7. The van der Waals surface area contributed by atoms with Crippen molar-refractivity contribution in [2.45, 2.75) is 0 Å². The first-order chi connectivity index (χ1) is 23.8. The first-order valence-corrected chi connectivity index (χ1v) is 16.3. The van der Waals surface area contributed by atoms with E-state index in [1.165, 1.54) is 65.7 Å². The third kappa shape index (κ3) is 3.43. The zero-order valence-corrected chi connectivity index (χ0v) is 25.8. The van der Waals surface area contributed by atoms with Crippen molar-refractivity contribution in [2.24, 2.45) is 0 Å². The molecular formula is C44H26N4. The van der Waals surface area contributed by atoms with Crippen LogP contribution in [0.3, 0.4) is 0 Å². The monoisotopic (exact) mass is 610 g/mol. The van der Waals surface area contributed by atoms with Crippen LogP contribution in [-0.2, 0) is 0 Å². The number of fused-ring (bicyclic) bond motifs is 9. The van der Waals surface area contributed by atoms with Crippen LogP contribution in [-0.4, -0.2) is 19.1 Å². The van der Waals surface area contributed by atoms with Gasteiger partial charge in [0.1, 0.15) is 5.82 Å². The van der Waals surface area contributed by atoms with Gasteiger partial charge in [0.15, 0.2) is 0 Å². The molecule has 0 radical (unpaired) electrons. The van der Waals surface area contributed by atoms with E-state index in [-0.39, 0.29) is 0 Å². The van der Waals surface area contributed by atoms with Gasteiger partial charge in [-0.25, -0.2) is 4.98 Å². The predicted molar refractivity (Wildman–Crippen MR) is 198 cm³/mol. The quantitative estimate of drug-likeness (QED) is 0.199. The van der Waals surface area contributed by atoms with Gasteiger partial charge in [-0.05, 0) is 82.7 Å². The summed E-state index contributed by atoms with van der Waals surface area (Å²) in [6.45, 7) is 0. The number of pyridine rings is 2. The minimum Gasteiger partial charge on any atom is -0.309 e. The number of nitrogens with zero attached hydrogens (tertiary/aromatic N) is 4. The van der Waals surface area contributed by atoms with Gasteiger partial charge in [0.2, 0.25) is 0 Å².